The average molecular weight is 470 g/mol. The van der Waals surface area contributed by atoms with Gasteiger partial charge in [-0.2, -0.15) is 13.2 Å². The van der Waals surface area contributed by atoms with Gasteiger partial charge < -0.3 is 0 Å². The summed E-state index contributed by atoms with van der Waals surface area (Å²) in [5.74, 6) is -1.70. The molecule has 7 nitrogen and oxygen atoms in total. The Morgan fingerprint density at radius 3 is 2.28 bits per heavy atom. The molecule has 0 aliphatic heterocycles. The molecule has 2 rings (SSSR count). The first-order valence-electron chi connectivity index (χ1n) is 7.61. The Bertz CT molecular complexity index is 1050. The molecule has 2 amide bonds. The highest BCUT2D eigenvalue weighted by molar-refractivity contribution is 7.89. The first kappa shape index (κ1) is 22.9. The van der Waals surface area contributed by atoms with Gasteiger partial charge in [-0.15, -0.1) is 0 Å². The smallest absolute Gasteiger partial charge is 0.267 e. The fourth-order valence-electron chi connectivity index (χ4n) is 1.99. The lowest BCUT2D eigenvalue weighted by Crippen LogP contribution is -2.41. The van der Waals surface area contributed by atoms with E-state index < -0.39 is 39.5 Å². The number of alkyl halides is 3. The second-order valence-corrected chi connectivity index (χ2v) is 8.11. The Morgan fingerprint density at radius 2 is 1.62 bits per heavy atom. The maximum absolute atomic E-state index is 12.2. The number of benzene rings is 2. The van der Waals surface area contributed by atoms with Crippen LogP contribution < -0.4 is 15.6 Å². The Morgan fingerprint density at radius 1 is 0.966 bits per heavy atom. The van der Waals surface area contributed by atoms with Gasteiger partial charge in [-0.25, -0.2) is 13.1 Å². The molecule has 2 aromatic carbocycles. The Hall–Kier alpha value is -2.34. The molecule has 0 aromatic heterocycles. The van der Waals surface area contributed by atoms with Crippen molar-refractivity contribution in [1.29, 1.82) is 0 Å². The van der Waals surface area contributed by atoms with E-state index in [-0.39, 0.29) is 21.2 Å². The van der Waals surface area contributed by atoms with E-state index in [2.05, 4.69) is 5.43 Å². The average Bonchev–Trinajstić information content (AvgIpc) is 2.66. The lowest BCUT2D eigenvalue weighted by Gasteiger charge is -2.11. The molecule has 3 N–H and O–H groups in total. The fourth-order valence-corrected chi connectivity index (χ4v) is 3.42. The van der Waals surface area contributed by atoms with Crippen molar-refractivity contribution in [3.05, 3.63) is 63.6 Å². The van der Waals surface area contributed by atoms with E-state index in [4.69, 9.17) is 23.2 Å². The zero-order valence-corrected chi connectivity index (χ0v) is 16.5. The summed E-state index contributed by atoms with van der Waals surface area (Å²) in [5, 5.41) is 0.306. The molecule has 0 radical (unpaired) electrons. The number of hydrazine groups is 1. The minimum absolute atomic E-state index is 0.0212. The van der Waals surface area contributed by atoms with Crippen LogP contribution in [0.1, 0.15) is 20.7 Å². The van der Waals surface area contributed by atoms with E-state index in [1.807, 2.05) is 5.43 Å². The van der Waals surface area contributed by atoms with Crippen molar-refractivity contribution in [2.45, 2.75) is 11.1 Å². The molecular formula is C16H12Cl2F3N3O4S. The van der Waals surface area contributed by atoms with Gasteiger partial charge >= 0.3 is 6.18 Å². The summed E-state index contributed by atoms with van der Waals surface area (Å²) < 4.78 is 61.9. The van der Waals surface area contributed by atoms with Crippen LogP contribution in [0.4, 0.5) is 13.2 Å². The maximum Gasteiger partial charge on any atom is 0.402 e. The van der Waals surface area contributed by atoms with Gasteiger partial charge in [0.1, 0.15) is 6.54 Å². The molecule has 13 heteroatoms. The Balaban J connectivity index is 2.09. The molecule has 0 saturated carbocycles. The largest absolute Gasteiger partial charge is 0.402 e. The third kappa shape index (κ3) is 6.60. The zero-order chi connectivity index (χ0) is 21.8. The normalized spacial score (nSPS) is 11.8. The molecule has 0 atom stereocenters. The second kappa shape index (κ2) is 8.99. The molecule has 0 fully saturated rings. The fraction of sp³-hybridized carbons (Fsp3) is 0.125. The molecule has 0 heterocycles. The van der Waals surface area contributed by atoms with Crippen molar-refractivity contribution in [1.82, 2.24) is 15.6 Å². The van der Waals surface area contributed by atoms with Crippen LogP contribution in [-0.2, 0) is 10.0 Å². The van der Waals surface area contributed by atoms with Crippen LogP contribution in [0.25, 0.3) is 0 Å². The molecule has 156 valence electrons. The van der Waals surface area contributed by atoms with Gasteiger partial charge in [-0.3, -0.25) is 20.4 Å². The van der Waals surface area contributed by atoms with Crippen molar-refractivity contribution >= 4 is 45.0 Å². The number of carbonyl (C=O) groups excluding carboxylic acids is 2. The predicted octanol–water partition coefficient (Wildman–Crippen LogP) is 2.91. The zero-order valence-electron chi connectivity index (χ0n) is 14.2. The lowest BCUT2D eigenvalue weighted by atomic mass is 10.2. The third-order valence-electron chi connectivity index (χ3n) is 3.33. The molecule has 29 heavy (non-hydrogen) atoms. The first-order valence-corrected chi connectivity index (χ1v) is 9.85. The number of hydrogen-bond donors (Lipinski definition) is 3. The van der Waals surface area contributed by atoms with Crippen LogP contribution in [0.5, 0.6) is 0 Å². The molecule has 2 aromatic rings. The van der Waals surface area contributed by atoms with Gasteiger partial charge in [0, 0.05) is 10.6 Å². The summed E-state index contributed by atoms with van der Waals surface area (Å²) >= 11 is 11.6. The minimum atomic E-state index is -4.74. The van der Waals surface area contributed by atoms with E-state index in [0.29, 0.717) is 0 Å². The van der Waals surface area contributed by atoms with Gasteiger partial charge in [0.05, 0.1) is 15.5 Å². The summed E-state index contributed by atoms with van der Waals surface area (Å²) in [6, 6.07) is 8.33. The predicted molar refractivity (Wildman–Crippen MR) is 99.1 cm³/mol. The highest BCUT2D eigenvalue weighted by Gasteiger charge is 2.30. The summed E-state index contributed by atoms with van der Waals surface area (Å²) in [4.78, 5) is 23.7. The topological polar surface area (TPSA) is 104 Å². The summed E-state index contributed by atoms with van der Waals surface area (Å²) in [7, 11) is -4.50. The molecule has 0 spiro atoms. The van der Waals surface area contributed by atoms with E-state index in [0.717, 1.165) is 18.2 Å². The molecule has 0 unspecified atom stereocenters. The van der Waals surface area contributed by atoms with Crippen molar-refractivity contribution in [2.24, 2.45) is 0 Å². The van der Waals surface area contributed by atoms with Crippen LogP contribution >= 0.6 is 23.2 Å². The standard InChI is InChI=1S/C16H12Cl2F3N3O4S/c17-10-4-5-13(18)12(7-10)15(26)24-23-14(25)9-2-1-3-11(6-9)29(27,28)22-8-16(19,20)21/h1-7,22H,8H2,(H,23,25)(H,24,26). The van der Waals surface area contributed by atoms with E-state index in [1.54, 1.807) is 0 Å². The second-order valence-electron chi connectivity index (χ2n) is 5.50. The van der Waals surface area contributed by atoms with Crippen LogP contribution in [0.15, 0.2) is 47.4 Å². The van der Waals surface area contributed by atoms with E-state index in [9.17, 15) is 31.2 Å². The quantitative estimate of drug-likeness (QED) is 0.585. The highest BCUT2D eigenvalue weighted by atomic mass is 35.5. The van der Waals surface area contributed by atoms with Crippen molar-refractivity contribution in [3.63, 3.8) is 0 Å². The Labute approximate surface area is 173 Å². The maximum atomic E-state index is 12.2. The van der Waals surface area contributed by atoms with Gasteiger partial charge in [-0.05, 0) is 36.4 Å². The molecule has 0 aliphatic carbocycles. The van der Waals surface area contributed by atoms with Gasteiger partial charge in [0.25, 0.3) is 11.8 Å². The summed E-state index contributed by atoms with van der Waals surface area (Å²) in [5.41, 5.74) is 3.87. The van der Waals surface area contributed by atoms with Crippen molar-refractivity contribution in [3.8, 4) is 0 Å². The molecular weight excluding hydrogens is 458 g/mol. The molecule has 0 saturated heterocycles. The minimum Gasteiger partial charge on any atom is -0.267 e. The first-order chi connectivity index (χ1) is 13.4. The van der Waals surface area contributed by atoms with Crippen LogP contribution in [0.3, 0.4) is 0 Å². The highest BCUT2D eigenvalue weighted by Crippen LogP contribution is 2.20. The van der Waals surface area contributed by atoms with Crippen molar-refractivity contribution in [2.75, 3.05) is 6.54 Å². The number of hydrogen-bond acceptors (Lipinski definition) is 4. The lowest BCUT2D eigenvalue weighted by molar-refractivity contribution is -0.121. The third-order valence-corrected chi connectivity index (χ3v) is 5.30. The SMILES string of the molecule is O=C(NNC(=O)c1cc(Cl)ccc1Cl)c1cccc(S(=O)(=O)NCC(F)(F)F)c1. The number of halogens is 5. The van der Waals surface area contributed by atoms with Crippen molar-refractivity contribution < 1.29 is 31.2 Å². The number of amides is 2. The van der Waals surface area contributed by atoms with E-state index >= 15 is 0 Å². The molecule has 0 aliphatic rings. The summed E-state index contributed by atoms with van der Waals surface area (Å²) in [6.07, 6.45) is -4.74. The van der Waals surface area contributed by atoms with Gasteiger partial charge in [0.15, 0.2) is 0 Å². The van der Waals surface area contributed by atoms with Gasteiger partial charge in [0.2, 0.25) is 10.0 Å². The number of sulfonamides is 1. The van der Waals surface area contributed by atoms with Crippen LogP contribution in [0, 0.1) is 0 Å². The number of rotatable bonds is 5. The number of carbonyl (C=O) groups is 2. The van der Waals surface area contributed by atoms with Crippen LogP contribution in [0.2, 0.25) is 10.0 Å². The van der Waals surface area contributed by atoms with Gasteiger partial charge in [-0.1, -0.05) is 29.3 Å². The Kier molecular flexibility index (Phi) is 7.11. The number of nitrogens with one attached hydrogen (secondary N) is 3. The molecule has 0 bridgehead atoms. The van der Waals surface area contributed by atoms with E-state index in [1.165, 1.54) is 29.0 Å². The van der Waals surface area contributed by atoms with Crippen LogP contribution in [-0.4, -0.2) is 33.0 Å². The summed E-state index contributed by atoms with van der Waals surface area (Å²) in [6.45, 7) is -1.76. The monoisotopic (exact) mass is 469 g/mol.